The van der Waals surface area contributed by atoms with E-state index in [1.54, 1.807) is 20.0 Å². The van der Waals surface area contributed by atoms with Gasteiger partial charge in [-0.05, 0) is 41.1 Å². The summed E-state index contributed by atoms with van der Waals surface area (Å²) >= 11 is 2.97. The predicted molar refractivity (Wildman–Crippen MR) is 72.9 cm³/mol. The topological polar surface area (TPSA) is 64.0 Å². The number of nitrogens with one attached hydrogen (secondary N) is 1. The highest BCUT2D eigenvalue weighted by molar-refractivity contribution is 9.10. The molecule has 8 heteroatoms. The lowest BCUT2D eigenvalue weighted by atomic mass is 10.3. The molecule has 0 spiro atoms. The first kappa shape index (κ1) is 14.0. The van der Waals surface area contributed by atoms with Crippen molar-refractivity contribution in [3.63, 3.8) is 0 Å². The summed E-state index contributed by atoms with van der Waals surface area (Å²) in [6, 6.07) is 5.21. The molecule has 0 saturated heterocycles. The molecule has 0 unspecified atom stereocenters. The van der Waals surface area contributed by atoms with Gasteiger partial charge in [-0.25, -0.2) is 12.8 Å². The van der Waals surface area contributed by atoms with Gasteiger partial charge in [0.15, 0.2) is 0 Å². The second-order valence-corrected chi connectivity index (χ2v) is 6.51. The molecule has 0 aliphatic carbocycles. The summed E-state index contributed by atoms with van der Waals surface area (Å²) < 4.78 is 41.5. The van der Waals surface area contributed by atoms with Crippen LogP contribution in [-0.2, 0) is 17.1 Å². The van der Waals surface area contributed by atoms with Crippen LogP contribution in [0.15, 0.2) is 33.6 Å². The van der Waals surface area contributed by atoms with Gasteiger partial charge in [0.2, 0.25) is 0 Å². The molecule has 0 bridgehead atoms. The number of rotatable bonds is 3. The third kappa shape index (κ3) is 2.95. The van der Waals surface area contributed by atoms with Crippen molar-refractivity contribution in [2.75, 3.05) is 4.72 Å². The molecule has 0 fully saturated rings. The maximum atomic E-state index is 13.4. The molecule has 1 N–H and O–H groups in total. The Morgan fingerprint density at radius 2 is 2.05 bits per heavy atom. The van der Waals surface area contributed by atoms with E-state index in [-0.39, 0.29) is 9.37 Å². The fourth-order valence-electron chi connectivity index (χ4n) is 1.55. The first-order valence-electron chi connectivity index (χ1n) is 5.28. The third-order valence-corrected chi connectivity index (χ3v) is 4.44. The number of aryl methyl sites for hydroxylation is 2. The van der Waals surface area contributed by atoms with Crippen molar-refractivity contribution in [3.8, 4) is 0 Å². The van der Waals surface area contributed by atoms with E-state index >= 15 is 0 Å². The van der Waals surface area contributed by atoms with Gasteiger partial charge in [-0.15, -0.1) is 0 Å². The zero-order chi connectivity index (χ0) is 14.2. The van der Waals surface area contributed by atoms with Gasteiger partial charge in [0.1, 0.15) is 11.6 Å². The molecule has 1 aromatic heterocycles. The fraction of sp³-hybridized carbons (Fsp3) is 0.182. The first-order valence-corrected chi connectivity index (χ1v) is 7.56. The molecule has 2 aromatic rings. The molecular formula is C11H11BrFN3O2S. The van der Waals surface area contributed by atoms with Gasteiger partial charge >= 0.3 is 0 Å². The van der Waals surface area contributed by atoms with Crippen LogP contribution in [0, 0.1) is 12.7 Å². The number of halogens is 2. The van der Waals surface area contributed by atoms with Crippen molar-refractivity contribution in [2.45, 2.75) is 11.8 Å². The first-order chi connectivity index (χ1) is 8.79. The maximum absolute atomic E-state index is 13.4. The van der Waals surface area contributed by atoms with Gasteiger partial charge in [-0.2, -0.15) is 5.10 Å². The largest absolute Gasteiger partial charge is 0.264 e. The summed E-state index contributed by atoms with van der Waals surface area (Å²) in [5.41, 5.74) is 0.683. The molecule has 0 amide bonds. The summed E-state index contributed by atoms with van der Waals surface area (Å²) in [7, 11) is -2.22. The summed E-state index contributed by atoms with van der Waals surface area (Å²) in [6.45, 7) is 1.75. The van der Waals surface area contributed by atoms with Crippen LogP contribution in [0.5, 0.6) is 0 Å². The second-order valence-electron chi connectivity index (χ2n) is 3.98. The Balaban J connectivity index is 2.37. The Bertz CT molecular complexity index is 728. The highest BCUT2D eigenvalue weighted by Crippen LogP contribution is 2.21. The number of nitrogens with zero attached hydrogens (tertiary/aromatic N) is 2. The van der Waals surface area contributed by atoms with Gasteiger partial charge in [-0.1, -0.05) is 0 Å². The smallest absolute Gasteiger partial charge is 0.263 e. The van der Waals surface area contributed by atoms with Gasteiger partial charge in [0, 0.05) is 13.1 Å². The maximum Gasteiger partial charge on any atom is 0.263 e. The van der Waals surface area contributed by atoms with E-state index in [2.05, 4.69) is 25.8 Å². The number of anilines is 1. The molecule has 0 radical (unpaired) electrons. The average Bonchev–Trinajstić information content (AvgIpc) is 2.60. The van der Waals surface area contributed by atoms with E-state index in [0.717, 1.165) is 6.07 Å². The number of benzene rings is 1. The van der Waals surface area contributed by atoms with E-state index in [4.69, 9.17) is 0 Å². The molecule has 1 heterocycles. The van der Waals surface area contributed by atoms with Crippen LogP contribution in [-0.4, -0.2) is 18.2 Å². The summed E-state index contributed by atoms with van der Waals surface area (Å²) in [5, 5.41) is 4.03. The Kier molecular flexibility index (Phi) is 3.64. The monoisotopic (exact) mass is 347 g/mol. The summed E-state index contributed by atoms with van der Waals surface area (Å²) in [6.07, 6.45) is 0. The van der Waals surface area contributed by atoms with Gasteiger partial charge < -0.3 is 0 Å². The zero-order valence-corrected chi connectivity index (χ0v) is 12.6. The SMILES string of the molecule is Cc1cc(NS(=O)(=O)c2ccc(Br)c(F)c2)n(C)n1. The molecule has 0 atom stereocenters. The third-order valence-electron chi connectivity index (χ3n) is 2.44. The molecule has 1 aromatic carbocycles. The van der Waals surface area contributed by atoms with Crippen LogP contribution in [0.4, 0.5) is 10.2 Å². The van der Waals surface area contributed by atoms with E-state index in [9.17, 15) is 12.8 Å². The lowest BCUT2D eigenvalue weighted by molar-refractivity contribution is 0.593. The Morgan fingerprint density at radius 1 is 1.37 bits per heavy atom. The minimum atomic E-state index is -3.83. The van der Waals surface area contributed by atoms with Crippen LogP contribution in [0.25, 0.3) is 0 Å². The van der Waals surface area contributed by atoms with Crippen LogP contribution in [0.1, 0.15) is 5.69 Å². The molecule has 102 valence electrons. The fourth-order valence-corrected chi connectivity index (χ4v) is 2.88. The molecule has 19 heavy (non-hydrogen) atoms. The number of aromatic nitrogens is 2. The molecular weight excluding hydrogens is 337 g/mol. The average molecular weight is 348 g/mol. The highest BCUT2D eigenvalue weighted by Gasteiger charge is 2.17. The molecule has 0 saturated carbocycles. The van der Waals surface area contributed by atoms with E-state index in [0.29, 0.717) is 11.5 Å². The second kappa shape index (κ2) is 4.93. The predicted octanol–water partition coefficient (Wildman–Crippen LogP) is 2.43. The quantitative estimate of drug-likeness (QED) is 0.927. The van der Waals surface area contributed by atoms with Gasteiger partial charge in [0.25, 0.3) is 10.0 Å². The van der Waals surface area contributed by atoms with E-state index < -0.39 is 15.8 Å². The number of sulfonamides is 1. The van der Waals surface area contributed by atoms with Crippen molar-refractivity contribution >= 4 is 31.8 Å². The van der Waals surface area contributed by atoms with Crippen LogP contribution >= 0.6 is 15.9 Å². The highest BCUT2D eigenvalue weighted by atomic mass is 79.9. The van der Waals surface area contributed by atoms with Crippen molar-refractivity contribution in [3.05, 3.63) is 40.2 Å². The van der Waals surface area contributed by atoms with Crippen molar-refractivity contribution in [1.82, 2.24) is 9.78 Å². The number of hydrogen-bond donors (Lipinski definition) is 1. The molecule has 0 aliphatic rings. The Labute approximate surface area is 118 Å². The molecule has 5 nitrogen and oxygen atoms in total. The van der Waals surface area contributed by atoms with Crippen molar-refractivity contribution in [1.29, 1.82) is 0 Å². The Morgan fingerprint density at radius 3 is 2.58 bits per heavy atom. The number of hydrogen-bond acceptors (Lipinski definition) is 3. The minimum Gasteiger partial charge on any atom is -0.264 e. The minimum absolute atomic E-state index is 0.146. The van der Waals surface area contributed by atoms with E-state index in [1.165, 1.54) is 16.8 Å². The lowest BCUT2D eigenvalue weighted by Gasteiger charge is -2.08. The van der Waals surface area contributed by atoms with Crippen LogP contribution in [0.3, 0.4) is 0 Å². The van der Waals surface area contributed by atoms with Crippen molar-refractivity contribution < 1.29 is 12.8 Å². The molecule has 0 aliphatic heterocycles. The normalized spacial score (nSPS) is 11.6. The van der Waals surface area contributed by atoms with Crippen LogP contribution in [0.2, 0.25) is 0 Å². The lowest BCUT2D eigenvalue weighted by Crippen LogP contribution is -2.15. The van der Waals surface area contributed by atoms with E-state index in [1.807, 2.05) is 0 Å². The van der Waals surface area contributed by atoms with Crippen LogP contribution < -0.4 is 4.72 Å². The van der Waals surface area contributed by atoms with Crippen molar-refractivity contribution in [2.24, 2.45) is 7.05 Å². The summed E-state index contributed by atoms with van der Waals surface area (Å²) in [5.74, 6) is -0.315. The zero-order valence-electron chi connectivity index (χ0n) is 10.2. The molecule has 2 rings (SSSR count). The Hall–Kier alpha value is -1.41. The van der Waals surface area contributed by atoms with Gasteiger partial charge in [-0.3, -0.25) is 9.40 Å². The summed E-state index contributed by atoms with van der Waals surface area (Å²) in [4.78, 5) is -0.146. The van der Waals surface area contributed by atoms with Gasteiger partial charge in [0.05, 0.1) is 15.1 Å². The standard InChI is InChI=1S/C11H11BrFN3O2S/c1-7-5-11(16(2)14-7)15-19(17,18)8-3-4-9(12)10(13)6-8/h3-6,15H,1-2H3.